The topological polar surface area (TPSA) is 0 Å². The maximum Gasteiger partial charge on any atom is 4.00 e. The maximum atomic E-state index is 9.75. The summed E-state index contributed by atoms with van der Waals surface area (Å²) < 4.78 is 156. The number of unbranched alkanes of at least 4 members (excludes halogenated alkanes) is 1. The van der Waals surface area contributed by atoms with Crippen LogP contribution in [0.3, 0.4) is 0 Å². The van der Waals surface area contributed by atoms with E-state index in [-0.39, 0.29) is 31.1 Å². The molecule has 0 aromatic carbocycles. The molecular formula is C4H8B4F16U-2. The number of rotatable bonds is 1. The summed E-state index contributed by atoms with van der Waals surface area (Å²) >= 11 is 0. The SMILES string of the molecule is F[B-](F)(F)F.F[B-](F)(F)F.F[B-](F)(F)F.F[B-](F)(F)F.[CH2-]CC[CH2-].[U+4]. The molecule has 0 spiro atoms. The molecule has 0 aromatic rings. The van der Waals surface area contributed by atoms with E-state index in [9.17, 15) is 69.1 Å². The van der Waals surface area contributed by atoms with E-state index in [4.69, 9.17) is 0 Å². The zero-order chi connectivity index (χ0) is 21.4. The molecule has 0 atom stereocenters. The van der Waals surface area contributed by atoms with E-state index in [0.717, 1.165) is 12.8 Å². The van der Waals surface area contributed by atoms with Crippen molar-refractivity contribution in [2.24, 2.45) is 0 Å². The minimum absolute atomic E-state index is 0. The van der Waals surface area contributed by atoms with Gasteiger partial charge in [0.05, 0.1) is 0 Å². The predicted octanol–water partition coefficient (Wildman–Crippen LogP) is 6.63. The molecule has 0 unspecified atom stereocenters. The molecule has 0 saturated heterocycles. The third-order valence-corrected chi connectivity index (χ3v) is 0.250. The van der Waals surface area contributed by atoms with E-state index in [1.807, 2.05) is 0 Å². The van der Waals surface area contributed by atoms with Crippen molar-refractivity contribution in [3.63, 3.8) is 0 Å². The van der Waals surface area contributed by atoms with Crippen LogP contribution in [-0.2, 0) is 0 Å². The van der Waals surface area contributed by atoms with Gasteiger partial charge in [0, 0.05) is 0 Å². The second-order valence-electron chi connectivity index (χ2n) is 2.69. The minimum atomic E-state index is -6.00. The third kappa shape index (κ3) is 8390. The van der Waals surface area contributed by atoms with Crippen molar-refractivity contribution >= 4 is 29.0 Å². The fourth-order valence-corrected chi connectivity index (χ4v) is 0. The average molecular weight is 641 g/mol. The van der Waals surface area contributed by atoms with Crippen LogP contribution in [0.25, 0.3) is 0 Å². The summed E-state index contributed by atoms with van der Waals surface area (Å²) in [5, 5.41) is 0. The zero-order valence-corrected chi connectivity index (χ0v) is 15.8. The summed E-state index contributed by atoms with van der Waals surface area (Å²) in [5.74, 6) is 0. The van der Waals surface area contributed by atoms with Crippen molar-refractivity contribution in [3.05, 3.63) is 13.8 Å². The summed E-state index contributed by atoms with van der Waals surface area (Å²) in [6.07, 6.45) is 1.92. The van der Waals surface area contributed by atoms with Crippen molar-refractivity contribution in [1.29, 1.82) is 0 Å². The molecule has 0 aliphatic rings. The Labute approximate surface area is 156 Å². The van der Waals surface area contributed by atoms with Crippen LogP contribution in [0.15, 0.2) is 0 Å². The molecule has 25 heavy (non-hydrogen) atoms. The second-order valence-corrected chi connectivity index (χ2v) is 2.69. The van der Waals surface area contributed by atoms with Crippen molar-refractivity contribution < 1.29 is 100 Å². The Morgan fingerprint density at radius 2 is 0.400 bits per heavy atom. The monoisotopic (exact) mass is 642 g/mol. The molecule has 0 radical (unpaired) electrons. The molecule has 0 amide bonds. The van der Waals surface area contributed by atoms with Gasteiger partial charge in [0.1, 0.15) is 0 Å². The van der Waals surface area contributed by atoms with Crippen LogP contribution in [0.1, 0.15) is 12.8 Å². The molecule has 0 fully saturated rings. The Kier molecular flexibility index (Phi) is 30.4. The smallest absolute Gasteiger partial charge is 0.418 e. The molecule has 0 saturated carbocycles. The van der Waals surface area contributed by atoms with E-state index in [0.29, 0.717) is 0 Å². The van der Waals surface area contributed by atoms with E-state index in [1.54, 1.807) is 0 Å². The summed E-state index contributed by atoms with van der Waals surface area (Å²) in [7, 11) is -24.0. The van der Waals surface area contributed by atoms with Crippen LogP contribution >= 0.6 is 0 Å². The summed E-state index contributed by atoms with van der Waals surface area (Å²) in [5.41, 5.74) is 0. The summed E-state index contributed by atoms with van der Waals surface area (Å²) in [6.45, 7) is 7.08. The fraction of sp³-hybridized carbons (Fsp3) is 0.500. The van der Waals surface area contributed by atoms with Crippen LogP contribution in [0.4, 0.5) is 69.1 Å². The van der Waals surface area contributed by atoms with Gasteiger partial charge in [-0.1, -0.05) is 0 Å². The van der Waals surface area contributed by atoms with Gasteiger partial charge in [-0.05, 0) is 0 Å². The van der Waals surface area contributed by atoms with Crippen molar-refractivity contribution in [2.45, 2.75) is 12.8 Å². The van der Waals surface area contributed by atoms with Crippen molar-refractivity contribution in [3.8, 4) is 0 Å². The number of hydrogen-bond acceptors (Lipinski definition) is 0. The summed E-state index contributed by atoms with van der Waals surface area (Å²) in [4.78, 5) is 0. The normalized spacial score (nSPS) is 10.8. The standard InChI is InChI=1S/C4H8.4BF4.U/c1-3-4-2;4*2-1(3,4)5;/h1-4H2;;;;;/q-2;4*-1;+4. The average Bonchev–Trinajstić information content (AvgIpc) is 2.05. The molecular weight excluding hydrogens is 633 g/mol. The van der Waals surface area contributed by atoms with Gasteiger partial charge >= 0.3 is 60.1 Å². The van der Waals surface area contributed by atoms with Crippen molar-refractivity contribution in [1.82, 2.24) is 0 Å². The molecule has 0 aliphatic carbocycles. The van der Waals surface area contributed by atoms with Gasteiger partial charge in [0.2, 0.25) is 0 Å². The zero-order valence-electron chi connectivity index (χ0n) is 11.7. The first-order chi connectivity index (χ1) is 9.91. The second kappa shape index (κ2) is 19.0. The molecule has 0 N–H and O–H groups in total. The Hall–Kier alpha value is 0.192. The van der Waals surface area contributed by atoms with Gasteiger partial charge in [0.25, 0.3) is 0 Å². The largest absolute Gasteiger partial charge is 4.00 e. The van der Waals surface area contributed by atoms with Gasteiger partial charge in [-0.2, -0.15) is 0 Å². The minimum Gasteiger partial charge on any atom is -0.418 e. The third-order valence-electron chi connectivity index (χ3n) is 0.250. The Morgan fingerprint density at radius 1 is 0.360 bits per heavy atom. The molecule has 0 bridgehead atoms. The predicted molar refractivity (Wildman–Crippen MR) is 60.7 cm³/mol. The molecule has 0 aromatic heterocycles. The molecule has 154 valence electrons. The van der Waals surface area contributed by atoms with E-state index in [2.05, 4.69) is 13.8 Å². The van der Waals surface area contributed by atoms with Gasteiger partial charge in [-0.25, -0.2) is 12.8 Å². The Morgan fingerprint density at radius 3 is 0.400 bits per heavy atom. The molecule has 0 nitrogen and oxygen atoms in total. The molecule has 0 heterocycles. The number of halogens is 16. The van der Waals surface area contributed by atoms with E-state index >= 15 is 0 Å². The van der Waals surface area contributed by atoms with Crippen LogP contribution in [-0.4, -0.2) is 29.0 Å². The summed E-state index contributed by atoms with van der Waals surface area (Å²) in [6, 6.07) is 0. The molecule has 0 rings (SSSR count). The molecule has 0 aliphatic heterocycles. The fourth-order valence-electron chi connectivity index (χ4n) is 0. The van der Waals surface area contributed by atoms with E-state index in [1.165, 1.54) is 0 Å². The Balaban J connectivity index is -0.0000000448. The van der Waals surface area contributed by atoms with Gasteiger partial charge < -0.3 is 82.9 Å². The quantitative estimate of drug-likeness (QED) is 0.171. The maximum absolute atomic E-state index is 9.75. The van der Waals surface area contributed by atoms with Gasteiger partial charge in [0.15, 0.2) is 0 Å². The van der Waals surface area contributed by atoms with Crippen molar-refractivity contribution in [2.75, 3.05) is 0 Å². The van der Waals surface area contributed by atoms with Crippen LogP contribution < -0.4 is 0 Å². The molecule has 21 heteroatoms. The van der Waals surface area contributed by atoms with Crippen LogP contribution in [0, 0.1) is 45.0 Å². The first kappa shape index (κ1) is 40.0. The number of hydrogen-bond donors (Lipinski definition) is 0. The first-order valence-corrected chi connectivity index (χ1v) is 4.99. The van der Waals surface area contributed by atoms with E-state index < -0.39 is 29.0 Å². The Bertz CT molecular complexity index is 168. The van der Waals surface area contributed by atoms with Gasteiger partial charge in [-0.15, -0.1) is 0 Å². The van der Waals surface area contributed by atoms with Gasteiger partial charge in [-0.3, -0.25) is 0 Å². The first-order valence-electron chi connectivity index (χ1n) is 4.99. The van der Waals surface area contributed by atoms with Crippen LogP contribution in [0.2, 0.25) is 0 Å². The van der Waals surface area contributed by atoms with Crippen LogP contribution in [0.5, 0.6) is 0 Å².